The van der Waals surface area contributed by atoms with Crippen molar-refractivity contribution in [3.8, 4) is 0 Å². The van der Waals surface area contributed by atoms with E-state index in [1.807, 2.05) is 0 Å². The van der Waals surface area contributed by atoms with E-state index in [-0.39, 0.29) is 0 Å². The number of nitrogens with zero attached hydrogens (tertiary/aromatic N) is 1. The van der Waals surface area contributed by atoms with Crippen molar-refractivity contribution in [3.05, 3.63) is 29.8 Å². The molecule has 2 atom stereocenters. The first-order valence-corrected chi connectivity index (χ1v) is 6.93. The maximum absolute atomic E-state index is 2.49. The molecule has 1 aliphatic rings. The van der Waals surface area contributed by atoms with Crippen molar-refractivity contribution in [2.45, 2.75) is 52.0 Å². The van der Waals surface area contributed by atoms with E-state index in [0.29, 0.717) is 12.0 Å². The summed E-state index contributed by atoms with van der Waals surface area (Å²) in [5, 5.41) is 0. The predicted octanol–water partition coefficient (Wildman–Crippen LogP) is 4.43. The van der Waals surface area contributed by atoms with Gasteiger partial charge in [0.1, 0.15) is 0 Å². The minimum atomic E-state index is 0.684. The molecule has 1 aromatic rings. The van der Waals surface area contributed by atoms with Gasteiger partial charge in [0, 0.05) is 24.7 Å². The van der Waals surface area contributed by atoms with Gasteiger partial charge in [0.2, 0.25) is 0 Å². The van der Waals surface area contributed by atoms with E-state index < -0.39 is 0 Å². The summed E-state index contributed by atoms with van der Waals surface area (Å²) in [4.78, 5) is 2.49. The Bertz CT molecular complexity index is 341. The fourth-order valence-corrected chi connectivity index (χ4v) is 3.09. The monoisotopic (exact) mass is 231 g/mol. The van der Waals surface area contributed by atoms with Crippen LogP contribution < -0.4 is 4.90 Å². The number of hydrogen-bond acceptors (Lipinski definition) is 1. The van der Waals surface area contributed by atoms with Crippen molar-refractivity contribution in [1.29, 1.82) is 0 Å². The van der Waals surface area contributed by atoms with Crippen LogP contribution in [-0.4, -0.2) is 13.1 Å². The Morgan fingerprint density at radius 1 is 1.24 bits per heavy atom. The smallest absolute Gasteiger partial charge is 0.0402 e. The Labute approximate surface area is 106 Å². The summed E-state index contributed by atoms with van der Waals surface area (Å²) >= 11 is 0. The lowest BCUT2D eigenvalue weighted by Crippen LogP contribution is -2.29. The van der Waals surface area contributed by atoms with Gasteiger partial charge in [-0.15, -0.1) is 0 Å². The zero-order valence-corrected chi connectivity index (χ0v) is 11.6. The van der Waals surface area contributed by atoms with E-state index in [1.54, 1.807) is 0 Å². The van der Waals surface area contributed by atoms with Crippen molar-refractivity contribution >= 4 is 5.69 Å². The van der Waals surface area contributed by atoms with Crippen molar-refractivity contribution in [2.75, 3.05) is 11.9 Å². The number of fused-ring (bicyclic) bond motifs is 1. The average molecular weight is 231 g/mol. The van der Waals surface area contributed by atoms with Crippen molar-refractivity contribution in [1.82, 2.24) is 0 Å². The first-order valence-electron chi connectivity index (χ1n) is 6.93. The second kappa shape index (κ2) is 5.12. The van der Waals surface area contributed by atoms with Crippen molar-refractivity contribution < 1.29 is 0 Å². The molecule has 0 N–H and O–H groups in total. The van der Waals surface area contributed by atoms with Gasteiger partial charge in [-0.25, -0.2) is 0 Å². The molecule has 0 aromatic heterocycles. The third kappa shape index (κ3) is 2.48. The molecule has 94 valence electrons. The van der Waals surface area contributed by atoms with E-state index in [0.717, 1.165) is 5.92 Å². The number of benzene rings is 1. The van der Waals surface area contributed by atoms with Crippen LogP contribution in [0.4, 0.5) is 5.69 Å². The molecule has 0 unspecified atom stereocenters. The lowest BCUT2D eigenvalue weighted by Gasteiger charge is -2.25. The average Bonchev–Trinajstić information content (AvgIpc) is 2.54. The SMILES string of the molecule is CC(C)CCC[C@H]1[C@@H](C)c2ccccc2N1C. The zero-order valence-electron chi connectivity index (χ0n) is 11.6. The molecule has 0 bridgehead atoms. The lowest BCUT2D eigenvalue weighted by molar-refractivity contribution is 0.468. The van der Waals surface area contributed by atoms with Gasteiger partial charge in [-0.2, -0.15) is 0 Å². The molecule has 1 nitrogen and oxygen atoms in total. The molecule has 0 spiro atoms. The van der Waals surface area contributed by atoms with Crippen LogP contribution in [-0.2, 0) is 0 Å². The summed E-state index contributed by atoms with van der Waals surface area (Å²) in [6.45, 7) is 7.01. The van der Waals surface area contributed by atoms with Crippen LogP contribution in [0.3, 0.4) is 0 Å². The number of para-hydroxylation sites is 1. The molecule has 0 aliphatic carbocycles. The van der Waals surface area contributed by atoms with Crippen molar-refractivity contribution in [2.24, 2.45) is 5.92 Å². The van der Waals surface area contributed by atoms with Gasteiger partial charge in [-0.05, 0) is 24.0 Å². The first kappa shape index (κ1) is 12.5. The summed E-state index contributed by atoms with van der Waals surface area (Å²) in [6, 6.07) is 9.57. The highest BCUT2D eigenvalue weighted by molar-refractivity contribution is 5.60. The molecule has 1 aliphatic heterocycles. The van der Waals surface area contributed by atoms with Crippen LogP contribution in [0.2, 0.25) is 0 Å². The van der Waals surface area contributed by atoms with Gasteiger partial charge in [0.15, 0.2) is 0 Å². The van der Waals surface area contributed by atoms with Crippen LogP contribution in [0, 0.1) is 5.92 Å². The quantitative estimate of drug-likeness (QED) is 0.740. The molecule has 0 saturated heterocycles. The van der Waals surface area contributed by atoms with E-state index in [4.69, 9.17) is 0 Å². The Hall–Kier alpha value is -0.980. The molecule has 0 fully saturated rings. The van der Waals surface area contributed by atoms with Crippen LogP contribution in [0.25, 0.3) is 0 Å². The molecule has 0 saturated carbocycles. The highest BCUT2D eigenvalue weighted by atomic mass is 15.2. The Kier molecular flexibility index (Phi) is 3.76. The molecule has 2 rings (SSSR count). The second-order valence-corrected chi connectivity index (χ2v) is 5.85. The Balaban J connectivity index is 2.03. The summed E-state index contributed by atoms with van der Waals surface area (Å²) in [6.07, 6.45) is 4.03. The molecule has 1 aromatic carbocycles. The minimum absolute atomic E-state index is 0.684. The topological polar surface area (TPSA) is 3.24 Å². The molecular formula is C16H25N. The van der Waals surface area contributed by atoms with Gasteiger partial charge in [-0.3, -0.25) is 0 Å². The molecular weight excluding hydrogens is 206 g/mol. The number of anilines is 1. The van der Waals surface area contributed by atoms with Gasteiger partial charge in [0.05, 0.1) is 0 Å². The highest BCUT2D eigenvalue weighted by Crippen LogP contribution is 2.41. The Morgan fingerprint density at radius 3 is 2.59 bits per heavy atom. The third-order valence-corrected chi connectivity index (χ3v) is 4.16. The summed E-state index contributed by atoms with van der Waals surface area (Å²) in [5.41, 5.74) is 2.97. The molecule has 0 amide bonds. The van der Waals surface area contributed by atoms with Gasteiger partial charge in [0.25, 0.3) is 0 Å². The second-order valence-electron chi connectivity index (χ2n) is 5.85. The van der Waals surface area contributed by atoms with Crippen LogP contribution >= 0.6 is 0 Å². The number of likely N-dealkylation sites (N-methyl/N-ethyl adjacent to an activating group) is 1. The molecule has 1 heteroatoms. The standard InChI is InChI=1S/C16H25N/c1-12(2)8-7-11-15-13(3)14-9-5-6-10-16(14)17(15)4/h5-6,9-10,12-13,15H,7-8,11H2,1-4H3/t13-,15-/m0/s1. The van der Waals surface area contributed by atoms with Crippen LogP contribution in [0.15, 0.2) is 24.3 Å². The third-order valence-electron chi connectivity index (χ3n) is 4.16. The zero-order chi connectivity index (χ0) is 12.4. The van der Waals surface area contributed by atoms with Gasteiger partial charge < -0.3 is 4.90 Å². The van der Waals surface area contributed by atoms with Gasteiger partial charge in [-0.1, -0.05) is 51.8 Å². The van der Waals surface area contributed by atoms with E-state index >= 15 is 0 Å². The van der Waals surface area contributed by atoms with E-state index in [2.05, 4.69) is 57.0 Å². The van der Waals surface area contributed by atoms with Gasteiger partial charge >= 0.3 is 0 Å². The lowest BCUT2D eigenvalue weighted by atomic mass is 9.92. The van der Waals surface area contributed by atoms with E-state index in [1.165, 1.54) is 30.5 Å². The fourth-order valence-electron chi connectivity index (χ4n) is 3.09. The predicted molar refractivity (Wildman–Crippen MR) is 75.7 cm³/mol. The van der Waals surface area contributed by atoms with Crippen LogP contribution in [0.1, 0.15) is 51.5 Å². The van der Waals surface area contributed by atoms with Crippen molar-refractivity contribution in [3.63, 3.8) is 0 Å². The molecule has 17 heavy (non-hydrogen) atoms. The maximum Gasteiger partial charge on any atom is 0.0402 e. The minimum Gasteiger partial charge on any atom is -0.371 e. The number of rotatable bonds is 4. The molecule has 1 heterocycles. The van der Waals surface area contributed by atoms with Crippen LogP contribution in [0.5, 0.6) is 0 Å². The first-order chi connectivity index (χ1) is 8.11. The summed E-state index contributed by atoms with van der Waals surface area (Å²) in [5.74, 6) is 1.52. The fraction of sp³-hybridized carbons (Fsp3) is 0.625. The Morgan fingerprint density at radius 2 is 1.94 bits per heavy atom. The maximum atomic E-state index is 2.49. The van der Waals surface area contributed by atoms with E-state index in [9.17, 15) is 0 Å². The largest absolute Gasteiger partial charge is 0.371 e. The summed E-state index contributed by atoms with van der Waals surface area (Å²) < 4.78 is 0. The molecule has 0 radical (unpaired) electrons. The highest BCUT2D eigenvalue weighted by Gasteiger charge is 2.32. The normalized spacial score (nSPS) is 23.2. The number of hydrogen-bond donors (Lipinski definition) is 0. The summed E-state index contributed by atoms with van der Waals surface area (Å²) in [7, 11) is 2.25.